The summed E-state index contributed by atoms with van der Waals surface area (Å²) in [6.45, 7) is 5.42. The van der Waals surface area contributed by atoms with Gasteiger partial charge in [0.05, 0.1) is 11.9 Å². The van der Waals surface area contributed by atoms with Crippen molar-refractivity contribution >= 4 is 17.5 Å². The molecule has 0 saturated carbocycles. The zero-order valence-electron chi connectivity index (χ0n) is 9.57. The van der Waals surface area contributed by atoms with Crippen LogP contribution in [0.4, 0.5) is 5.69 Å². The molecule has 0 aromatic carbocycles. The molecule has 1 aromatic heterocycles. The van der Waals surface area contributed by atoms with Crippen molar-refractivity contribution in [3.8, 4) is 0 Å². The van der Waals surface area contributed by atoms with Gasteiger partial charge in [0.2, 0.25) is 0 Å². The number of nitrogens with one attached hydrogen (secondary N) is 2. The molecule has 86 valence electrons. The van der Waals surface area contributed by atoms with Crippen LogP contribution in [0.1, 0.15) is 20.8 Å². The van der Waals surface area contributed by atoms with Gasteiger partial charge in [-0.05, 0) is 32.9 Å². The quantitative estimate of drug-likeness (QED) is 0.693. The van der Waals surface area contributed by atoms with Gasteiger partial charge < -0.3 is 10.6 Å². The Kier molecular flexibility index (Phi) is 3.60. The first-order valence-corrected chi connectivity index (χ1v) is 4.92. The Hall–Kier alpha value is -1.91. The van der Waals surface area contributed by atoms with Gasteiger partial charge in [-0.3, -0.25) is 14.6 Å². The minimum Gasteiger partial charge on any atom is -0.343 e. The molecule has 16 heavy (non-hydrogen) atoms. The van der Waals surface area contributed by atoms with Gasteiger partial charge in [0.25, 0.3) is 0 Å². The molecule has 5 heteroatoms. The van der Waals surface area contributed by atoms with E-state index in [1.54, 1.807) is 18.3 Å². The van der Waals surface area contributed by atoms with E-state index < -0.39 is 17.4 Å². The van der Waals surface area contributed by atoms with Gasteiger partial charge in [-0.25, -0.2) is 0 Å². The molecule has 0 fully saturated rings. The second-order valence-electron chi connectivity index (χ2n) is 4.40. The summed E-state index contributed by atoms with van der Waals surface area (Å²) in [6, 6.07) is 3.34. The van der Waals surface area contributed by atoms with Crippen molar-refractivity contribution in [3.63, 3.8) is 0 Å². The number of carbonyl (C=O) groups excluding carboxylic acids is 2. The van der Waals surface area contributed by atoms with Gasteiger partial charge in [0.15, 0.2) is 0 Å². The molecular formula is C11H15N3O2. The van der Waals surface area contributed by atoms with E-state index in [0.717, 1.165) is 0 Å². The van der Waals surface area contributed by atoms with E-state index in [4.69, 9.17) is 0 Å². The fraction of sp³-hybridized carbons (Fsp3) is 0.364. The Morgan fingerprint density at radius 3 is 2.44 bits per heavy atom. The Bertz CT molecular complexity index is 382. The maximum Gasteiger partial charge on any atom is 0.313 e. The van der Waals surface area contributed by atoms with Crippen molar-refractivity contribution in [2.45, 2.75) is 26.3 Å². The fourth-order valence-electron chi connectivity index (χ4n) is 1.02. The number of anilines is 1. The first-order chi connectivity index (χ1) is 7.38. The maximum absolute atomic E-state index is 11.4. The first-order valence-electron chi connectivity index (χ1n) is 4.92. The SMILES string of the molecule is CC(C)(C)NC(=O)C(=O)Nc1cccnc1. The minimum absolute atomic E-state index is 0.427. The molecule has 0 radical (unpaired) electrons. The van der Waals surface area contributed by atoms with Crippen molar-refractivity contribution in [1.82, 2.24) is 10.3 Å². The average molecular weight is 221 g/mol. The van der Waals surface area contributed by atoms with Crippen LogP contribution in [0.2, 0.25) is 0 Å². The number of hydrogen-bond donors (Lipinski definition) is 2. The summed E-state index contributed by atoms with van der Waals surface area (Å²) in [5.41, 5.74) is 0.0696. The average Bonchev–Trinajstić information content (AvgIpc) is 2.16. The molecule has 0 aliphatic carbocycles. The predicted octanol–water partition coefficient (Wildman–Crippen LogP) is 0.935. The lowest BCUT2D eigenvalue weighted by atomic mass is 10.1. The van der Waals surface area contributed by atoms with E-state index in [9.17, 15) is 9.59 Å². The standard InChI is InChI=1S/C11H15N3O2/c1-11(2,3)14-10(16)9(15)13-8-5-4-6-12-7-8/h4-7H,1-3H3,(H,13,15)(H,14,16). The smallest absolute Gasteiger partial charge is 0.313 e. The molecule has 0 bridgehead atoms. The summed E-state index contributed by atoms with van der Waals surface area (Å²) in [7, 11) is 0. The molecule has 1 heterocycles. The number of amides is 2. The summed E-state index contributed by atoms with van der Waals surface area (Å²) in [4.78, 5) is 26.7. The van der Waals surface area contributed by atoms with Crippen LogP contribution in [0.15, 0.2) is 24.5 Å². The highest BCUT2D eigenvalue weighted by molar-refractivity contribution is 6.39. The topological polar surface area (TPSA) is 71.1 Å². The van der Waals surface area contributed by atoms with E-state index in [2.05, 4.69) is 15.6 Å². The first kappa shape index (κ1) is 12.2. The number of carbonyl (C=O) groups is 2. The van der Waals surface area contributed by atoms with Crippen molar-refractivity contribution in [2.75, 3.05) is 5.32 Å². The Labute approximate surface area is 94.3 Å². The lowest BCUT2D eigenvalue weighted by Gasteiger charge is -2.19. The number of nitrogens with zero attached hydrogens (tertiary/aromatic N) is 1. The molecule has 0 saturated heterocycles. The number of pyridine rings is 1. The van der Waals surface area contributed by atoms with Crippen molar-refractivity contribution in [3.05, 3.63) is 24.5 Å². The molecular weight excluding hydrogens is 206 g/mol. The van der Waals surface area contributed by atoms with Crippen LogP contribution in [-0.4, -0.2) is 22.3 Å². The second kappa shape index (κ2) is 4.74. The maximum atomic E-state index is 11.4. The van der Waals surface area contributed by atoms with E-state index >= 15 is 0 Å². The molecule has 0 atom stereocenters. The Balaban J connectivity index is 2.57. The van der Waals surface area contributed by atoms with Crippen LogP contribution < -0.4 is 10.6 Å². The van der Waals surface area contributed by atoms with Crippen LogP contribution >= 0.6 is 0 Å². The molecule has 0 aliphatic rings. The summed E-state index contributed by atoms with van der Waals surface area (Å²) in [6.07, 6.45) is 3.06. The third kappa shape index (κ3) is 4.08. The largest absolute Gasteiger partial charge is 0.343 e. The second-order valence-corrected chi connectivity index (χ2v) is 4.40. The molecule has 1 aromatic rings. The monoisotopic (exact) mass is 221 g/mol. The van der Waals surface area contributed by atoms with E-state index in [0.29, 0.717) is 5.69 Å². The lowest BCUT2D eigenvalue weighted by molar-refractivity contribution is -0.137. The van der Waals surface area contributed by atoms with Crippen LogP contribution in [0.25, 0.3) is 0 Å². The zero-order chi connectivity index (χ0) is 12.2. The van der Waals surface area contributed by atoms with E-state index in [-0.39, 0.29) is 0 Å². The number of hydrogen-bond acceptors (Lipinski definition) is 3. The van der Waals surface area contributed by atoms with E-state index in [1.165, 1.54) is 6.20 Å². The molecule has 2 N–H and O–H groups in total. The molecule has 5 nitrogen and oxygen atoms in total. The zero-order valence-corrected chi connectivity index (χ0v) is 9.57. The molecule has 2 amide bonds. The van der Waals surface area contributed by atoms with Crippen LogP contribution in [0, 0.1) is 0 Å². The van der Waals surface area contributed by atoms with Crippen molar-refractivity contribution < 1.29 is 9.59 Å². The third-order valence-electron chi connectivity index (χ3n) is 1.61. The van der Waals surface area contributed by atoms with Gasteiger partial charge in [0, 0.05) is 11.7 Å². The lowest BCUT2D eigenvalue weighted by Crippen LogP contribution is -2.46. The summed E-state index contributed by atoms with van der Waals surface area (Å²) < 4.78 is 0. The Morgan fingerprint density at radius 1 is 1.25 bits per heavy atom. The molecule has 1 rings (SSSR count). The van der Waals surface area contributed by atoms with Gasteiger partial charge in [-0.1, -0.05) is 0 Å². The highest BCUT2D eigenvalue weighted by atomic mass is 16.2. The van der Waals surface area contributed by atoms with Gasteiger partial charge >= 0.3 is 11.8 Å². The number of rotatable bonds is 1. The highest BCUT2D eigenvalue weighted by Crippen LogP contribution is 2.03. The molecule has 0 aliphatic heterocycles. The van der Waals surface area contributed by atoms with E-state index in [1.807, 2.05) is 20.8 Å². The van der Waals surface area contributed by atoms with Crippen LogP contribution in [-0.2, 0) is 9.59 Å². The minimum atomic E-state index is -0.692. The summed E-state index contributed by atoms with van der Waals surface area (Å²) >= 11 is 0. The van der Waals surface area contributed by atoms with Gasteiger partial charge in [-0.15, -0.1) is 0 Å². The fourth-order valence-corrected chi connectivity index (χ4v) is 1.02. The normalized spacial score (nSPS) is 10.7. The molecule has 0 unspecified atom stereocenters. The van der Waals surface area contributed by atoms with Crippen molar-refractivity contribution in [2.24, 2.45) is 0 Å². The predicted molar refractivity (Wildman–Crippen MR) is 60.8 cm³/mol. The third-order valence-corrected chi connectivity index (χ3v) is 1.61. The number of aromatic nitrogens is 1. The summed E-state index contributed by atoms with van der Waals surface area (Å²) in [5, 5.41) is 5.02. The highest BCUT2D eigenvalue weighted by Gasteiger charge is 2.19. The van der Waals surface area contributed by atoms with Crippen molar-refractivity contribution in [1.29, 1.82) is 0 Å². The summed E-state index contributed by atoms with van der Waals surface area (Å²) in [5.74, 6) is -1.35. The Morgan fingerprint density at radius 2 is 1.94 bits per heavy atom. The van der Waals surface area contributed by atoms with Gasteiger partial charge in [-0.2, -0.15) is 0 Å². The van der Waals surface area contributed by atoms with Crippen LogP contribution in [0.3, 0.4) is 0 Å². The van der Waals surface area contributed by atoms with Crippen LogP contribution in [0.5, 0.6) is 0 Å². The molecule has 0 spiro atoms. The van der Waals surface area contributed by atoms with Gasteiger partial charge in [0.1, 0.15) is 0 Å².